The number of hydrogen-bond donors (Lipinski definition) is 1. The molecule has 4 rings (SSSR count). The fraction of sp³-hybridized carbons (Fsp3) is 0.238. The van der Waals surface area contributed by atoms with Gasteiger partial charge in [0.15, 0.2) is 0 Å². The van der Waals surface area contributed by atoms with Gasteiger partial charge in [-0.1, -0.05) is 36.4 Å². The molecule has 0 unspecified atom stereocenters. The van der Waals surface area contributed by atoms with Gasteiger partial charge in [0.2, 0.25) is 5.95 Å². The van der Waals surface area contributed by atoms with Gasteiger partial charge in [-0.3, -0.25) is 9.78 Å². The molecule has 1 aromatic carbocycles. The Kier molecular flexibility index (Phi) is 4.78. The number of anilines is 1. The molecule has 1 atom stereocenters. The number of carbonyl (C=O) groups excluding carboxylic acids is 1. The van der Waals surface area contributed by atoms with Crippen LogP contribution in [0.3, 0.4) is 0 Å². The lowest BCUT2D eigenvalue weighted by molar-refractivity contribution is 0.0611. The summed E-state index contributed by atoms with van der Waals surface area (Å²) in [4.78, 5) is 28.1. The fourth-order valence-electron chi connectivity index (χ4n) is 3.62. The van der Waals surface area contributed by atoms with Crippen molar-refractivity contribution in [3.05, 3.63) is 72.2 Å². The number of nitrogen functional groups attached to an aromatic ring is 1. The predicted molar refractivity (Wildman–Crippen MR) is 104 cm³/mol. The summed E-state index contributed by atoms with van der Waals surface area (Å²) in [7, 11) is 0. The number of hydrogen-bond acceptors (Lipinski definition) is 5. The minimum atomic E-state index is -0.0672. The quantitative estimate of drug-likeness (QED) is 0.774. The lowest BCUT2D eigenvalue weighted by atomic mass is 9.95. The number of nitrogens with zero attached hydrogens (tertiary/aromatic N) is 4. The van der Waals surface area contributed by atoms with E-state index in [9.17, 15) is 4.79 Å². The zero-order valence-corrected chi connectivity index (χ0v) is 15.0. The monoisotopic (exact) mass is 359 g/mol. The summed E-state index contributed by atoms with van der Waals surface area (Å²) in [5.41, 5.74) is 8.77. The smallest absolute Gasteiger partial charge is 0.258 e. The first kappa shape index (κ1) is 17.1. The van der Waals surface area contributed by atoms with Crippen molar-refractivity contribution in [1.29, 1.82) is 0 Å². The lowest BCUT2D eigenvalue weighted by Crippen LogP contribution is -2.39. The number of nitrogens with two attached hydrogens (primary N) is 1. The molecule has 2 aromatic heterocycles. The lowest BCUT2D eigenvalue weighted by Gasteiger charge is -2.36. The molecule has 3 heterocycles. The van der Waals surface area contributed by atoms with E-state index >= 15 is 0 Å². The van der Waals surface area contributed by atoms with Gasteiger partial charge in [0, 0.05) is 30.7 Å². The Labute approximate surface area is 158 Å². The highest BCUT2D eigenvalue weighted by molar-refractivity contribution is 6.00. The van der Waals surface area contributed by atoms with E-state index in [4.69, 9.17) is 5.73 Å². The van der Waals surface area contributed by atoms with E-state index in [1.807, 2.05) is 53.6 Å². The van der Waals surface area contributed by atoms with Crippen molar-refractivity contribution in [2.24, 2.45) is 0 Å². The van der Waals surface area contributed by atoms with E-state index < -0.39 is 0 Å². The van der Waals surface area contributed by atoms with Crippen LogP contribution in [-0.2, 0) is 0 Å². The Morgan fingerprint density at radius 3 is 2.70 bits per heavy atom. The Morgan fingerprint density at radius 2 is 1.93 bits per heavy atom. The molecular weight excluding hydrogens is 338 g/mol. The highest BCUT2D eigenvalue weighted by Gasteiger charge is 2.30. The van der Waals surface area contributed by atoms with Crippen LogP contribution in [-0.4, -0.2) is 32.3 Å². The number of rotatable bonds is 3. The molecule has 3 aromatic rings. The van der Waals surface area contributed by atoms with Gasteiger partial charge in [0.25, 0.3) is 5.91 Å². The Morgan fingerprint density at radius 1 is 1.07 bits per heavy atom. The van der Waals surface area contributed by atoms with Crippen molar-refractivity contribution < 1.29 is 4.79 Å². The van der Waals surface area contributed by atoms with Gasteiger partial charge in [-0.25, -0.2) is 9.97 Å². The van der Waals surface area contributed by atoms with Crippen LogP contribution >= 0.6 is 0 Å². The van der Waals surface area contributed by atoms with Crippen molar-refractivity contribution in [1.82, 2.24) is 19.9 Å². The average Bonchev–Trinajstić information content (AvgIpc) is 2.74. The summed E-state index contributed by atoms with van der Waals surface area (Å²) in [5.74, 6) is 0.0928. The van der Waals surface area contributed by atoms with Crippen LogP contribution in [0.5, 0.6) is 0 Å². The molecule has 6 nitrogen and oxygen atoms in total. The van der Waals surface area contributed by atoms with Gasteiger partial charge in [-0.05, 0) is 30.9 Å². The van der Waals surface area contributed by atoms with Crippen molar-refractivity contribution in [2.75, 3.05) is 12.3 Å². The van der Waals surface area contributed by atoms with E-state index in [0.717, 1.165) is 30.4 Å². The van der Waals surface area contributed by atoms with E-state index in [1.54, 1.807) is 12.4 Å². The molecule has 1 saturated heterocycles. The van der Waals surface area contributed by atoms with Crippen LogP contribution < -0.4 is 5.73 Å². The predicted octanol–water partition coefficient (Wildman–Crippen LogP) is 3.49. The summed E-state index contributed by atoms with van der Waals surface area (Å²) < 4.78 is 0. The maximum Gasteiger partial charge on any atom is 0.258 e. The molecule has 136 valence electrons. The van der Waals surface area contributed by atoms with E-state index in [0.29, 0.717) is 17.8 Å². The van der Waals surface area contributed by atoms with E-state index in [-0.39, 0.29) is 17.9 Å². The summed E-state index contributed by atoms with van der Waals surface area (Å²) >= 11 is 0. The highest BCUT2D eigenvalue weighted by atomic mass is 16.2. The summed E-state index contributed by atoms with van der Waals surface area (Å²) in [6.45, 7) is 0.705. The summed E-state index contributed by atoms with van der Waals surface area (Å²) in [6, 6.07) is 13.6. The molecule has 0 saturated carbocycles. The van der Waals surface area contributed by atoms with Crippen molar-refractivity contribution >= 4 is 11.9 Å². The molecule has 0 bridgehead atoms. The van der Waals surface area contributed by atoms with Crippen LogP contribution in [0.1, 0.15) is 41.2 Å². The average molecular weight is 359 g/mol. The molecule has 27 heavy (non-hydrogen) atoms. The molecular formula is C21H21N5O. The van der Waals surface area contributed by atoms with Crippen LogP contribution in [0.15, 0.2) is 61.1 Å². The number of pyridine rings is 1. The maximum absolute atomic E-state index is 13.5. The Bertz CT molecular complexity index is 930. The van der Waals surface area contributed by atoms with Crippen molar-refractivity contribution in [3.8, 4) is 11.3 Å². The molecule has 0 radical (unpaired) electrons. The Hall–Kier alpha value is -3.28. The molecule has 1 aliphatic rings. The number of benzene rings is 1. The van der Waals surface area contributed by atoms with E-state index in [1.165, 1.54) is 0 Å². The normalized spacial score (nSPS) is 16.9. The molecule has 6 heteroatoms. The second-order valence-electron chi connectivity index (χ2n) is 6.65. The molecule has 1 fully saturated rings. The first-order chi connectivity index (χ1) is 13.2. The molecule has 0 aliphatic carbocycles. The number of carbonyl (C=O) groups is 1. The highest BCUT2D eigenvalue weighted by Crippen LogP contribution is 2.33. The van der Waals surface area contributed by atoms with Gasteiger partial charge >= 0.3 is 0 Å². The second-order valence-corrected chi connectivity index (χ2v) is 6.65. The van der Waals surface area contributed by atoms with Crippen LogP contribution in [0.2, 0.25) is 0 Å². The minimum absolute atomic E-state index is 0.0149. The van der Waals surface area contributed by atoms with Gasteiger partial charge in [0.05, 0.1) is 17.3 Å². The van der Waals surface area contributed by atoms with E-state index in [2.05, 4.69) is 15.0 Å². The molecule has 0 spiro atoms. The molecule has 1 amide bonds. The first-order valence-electron chi connectivity index (χ1n) is 9.13. The van der Waals surface area contributed by atoms with Crippen LogP contribution in [0.25, 0.3) is 11.3 Å². The zero-order valence-electron chi connectivity index (χ0n) is 15.0. The SMILES string of the molecule is Nc1ncc(C(=O)N2CCCC[C@H]2c2cccnc2)c(-c2ccccc2)n1. The molecule has 2 N–H and O–H groups in total. The number of aromatic nitrogens is 3. The third kappa shape index (κ3) is 3.51. The first-order valence-corrected chi connectivity index (χ1v) is 9.13. The van der Waals surface area contributed by atoms with Gasteiger partial charge < -0.3 is 10.6 Å². The van der Waals surface area contributed by atoms with Gasteiger partial charge in [0.1, 0.15) is 0 Å². The van der Waals surface area contributed by atoms with Gasteiger partial charge in [-0.15, -0.1) is 0 Å². The van der Waals surface area contributed by atoms with Crippen LogP contribution in [0.4, 0.5) is 5.95 Å². The zero-order chi connectivity index (χ0) is 18.6. The third-order valence-electron chi connectivity index (χ3n) is 4.92. The standard InChI is InChI=1S/C21H21N5O/c22-21-24-14-17(19(25-21)15-7-2-1-3-8-15)20(27)26-12-5-4-10-18(26)16-9-6-11-23-13-16/h1-3,6-9,11,13-14,18H,4-5,10,12H2,(H2,22,24,25)/t18-/m0/s1. The molecule has 1 aliphatic heterocycles. The number of piperidine rings is 1. The minimum Gasteiger partial charge on any atom is -0.368 e. The third-order valence-corrected chi connectivity index (χ3v) is 4.92. The second kappa shape index (κ2) is 7.53. The fourth-order valence-corrected chi connectivity index (χ4v) is 3.62. The van der Waals surface area contributed by atoms with Crippen molar-refractivity contribution in [3.63, 3.8) is 0 Å². The topological polar surface area (TPSA) is 85.0 Å². The number of amides is 1. The number of likely N-dealkylation sites (tertiary alicyclic amines) is 1. The maximum atomic E-state index is 13.5. The summed E-state index contributed by atoms with van der Waals surface area (Å²) in [6.07, 6.45) is 8.13. The van der Waals surface area contributed by atoms with Gasteiger partial charge in [-0.2, -0.15) is 0 Å². The van der Waals surface area contributed by atoms with Crippen LogP contribution in [0, 0.1) is 0 Å². The van der Waals surface area contributed by atoms with Crippen molar-refractivity contribution in [2.45, 2.75) is 25.3 Å². The Balaban J connectivity index is 1.74. The largest absolute Gasteiger partial charge is 0.368 e. The summed E-state index contributed by atoms with van der Waals surface area (Å²) in [5, 5.41) is 0.